The number of ether oxygens (including phenoxy) is 1. The molecule has 0 spiro atoms. The van der Waals surface area contributed by atoms with E-state index in [2.05, 4.69) is 15.5 Å². The first-order valence-corrected chi connectivity index (χ1v) is 7.96. The van der Waals surface area contributed by atoms with Crippen LogP contribution in [0, 0.1) is 0 Å². The van der Waals surface area contributed by atoms with Gasteiger partial charge in [0.25, 0.3) is 5.56 Å². The SMILES string of the molecule is C[C@@H]1CN(c2nc3ccccn3c(=O)c2/C=N\NC(N)=O)C[C@H](C)O1. The highest BCUT2D eigenvalue weighted by molar-refractivity contribution is 5.87. The zero-order chi connectivity index (χ0) is 18.0. The van der Waals surface area contributed by atoms with Crippen molar-refractivity contribution >= 4 is 23.7 Å². The predicted octanol–water partition coefficient (Wildman–Crippen LogP) is 0.310. The summed E-state index contributed by atoms with van der Waals surface area (Å²) in [6, 6.07) is 4.52. The Kier molecular flexibility index (Phi) is 4.66. The number of aromatic nitrogens is 2. The maximum atomic E-state index is 12.9. The van der Waals surface area contributed by atoms with E-state index in [0.717, 1.165) is 0 Å². The summed E-state index contributed by atoms with van der Waals surface area (Å²) in [7, 11) is 0. The number of hydrazone groups is 1. The highest BCUT2D eigenvalue weighted by Crippen LogP contribution is 2.20. The number of amides is 2. The second kappa shape index (κ2) is 6.89. The lowest BCUT2D eigenvalue weighted by Gasteiger charge is -2.36. The van der Waals surface area contributed by atoms with Crippen molar-refractivity contribution in [2.24, 2.45) is 10.8 Å². The lowest BCUT2D eigenvalue weighted by molar-refractivity contribution is -0.00546. The topological polar surface area (TPSA) is 114 Å². The molecule has 0 bridgehead atoms. The monoisotopic (exact) mass is 344 g/mol. The third-order valence-corrected chi connectivity index (χ3v) is 3.84. The van der Waals surface area contributed by atoms with Gasteiger partial charge in [-0.3, -0.25) is 9.20 Å². The Morgan fingerprint density at radius 3 is 2.80 bits per heavy atom. The van der Waals surface area contributed by atoms with Gasteiger partial charge in [0.05, 0.1) is 18.4 Å². The van der Waals surface area contributed by atoms with E-state index in [9.17, 15) is 9.59 Å². The Morgan fingerprint density at radius 2 is 2.12 bits per heavy atom. The molecule has 1 aliphatic heterocycles. The lowest BCUT2D eigenvalue weighted by Crippen LogP contribution is -2.47. The molecule has 0 saturated carbocycles. The van der Waals surface area contributed by atoms with Gasteiger partial charge in [-0.1, -0.05) is 6.07 Å². The molecule has 0 aliphatic carbocycles. The van der Waals surface area contributed by atoms with Gasteiger partial charge in [-0.05, 0) is 26.0 Å². The molecule has 2 atom stereocenters. The standard InChI is InChI=1S/C16H20N6O3/c1-10-8-21(9-11(2)25-10)14-12(7-18-20-16(17)24)15(23)22-6-4-3-5-13(22)19-14/h3-7,10-11H,8-9H2,1-2H3,(H3,17,20,24)/b18-7-/t10-,11+. The molecule has 1 fully saturated rings. The van der Waals surface area contributed by atoms with E-state index in [1.807, 2.05) is 24.8 Å². The molecule has 0 radical (unpaired) electrons. The Morgan fingerprint density at radius 1 is 1.40 bits per heavy atom. The number of nitrogens with zero attached hydrogens (tertiary/aromatic N) is 4. The fourth-order valence-corrected chi connectivity index (χ4v) is 2.96. The Bertz CT molecular complexity index is 868. The van der Waals surface area contributed by atoms with Crippen LogP contribution in [0.5, 0.6) is 0 Å². The highest BCUT2D eigenvalue weighted by atomic mass is 16.5. The zero-order valence-corrected chi connectivity index (χ0v) is 14.0. The first-order chi connectivity index (χ1) is 12.0. The average molecular weight is 344 g/mol. The van der Waals surface area contributed by atoms with Crippen molar-refractivity contribution in [1.29, 1.82) is 0 Å². The van der Waals surface area contributed by atoms with Gasteiger partial charge in [-0.15, -0.1) is 0 Å². The number of hydrogen-bond acceptors (Lipinski definition) is 6. The van der Waals surface area contributed by atoms with Crippen molar-refractivity contribution in [3.8, 4) is 0 Å². The van der Waals surface area contributed by atoms with E-state index in [-0.39, 0.29) is 23.3 Å². The highest BCUT2D eigenvalue weighted by Gasteiger charge is 2.26. The average Bonchev–Trinajstić information content (AvgIpc) is 2.55. The largest absolute Gasteiger partial charge is 0.372 e. The fraction of sp³-hybridized carbons (Fsp3) is 0.375. The van der Waals surface area contributed by atoms with Crippen LogP contribution in [-0.4, -0.2) is 46.9 Å². The summed E-state index contributed by atoms with van der Waals surface area (Å²) in [5.74, 6) is 0.508. The van der Waals surface area contributed by atoms with Crippen LogP contribution >= 0.6 is 0 Å². The quantitative estimate of drug-likeness (QED) is 0.614. The maximum Gasteiger partial charge on any atom is 0.332 e. The molecule has 9 nitrogen and oxygen atoms in total. The van der Waals surface area contributed by atoms with Crippen molar-refractivity contribution in [1.82, 2.24) is 14.8 Å². The number of fused-ring (bicyclic) bond motifs is 1. The molecule has 1 saturated heterocycles. The zero-order valence-electron chi connectivity index (χ0n) is 14.0. The summed E-state index contributed by atoms with van der Waals surface area (Å²) in [6.45, 7) is 5.14. The molecule has 3 rings (SSSR count). The lowest BCUT2D eigenvalue weighted by atomic mass is 10.2. The summed E-state index contributed by atoms with van der Waals surface area (Å²) in [4.78, 5) is 30.3. The summed E-state index contributed by atoms with van der Waals surface area (Å²) >= 11 is 0. The fourth-order valence-electron chi connectivity index (χ4n) is 2.96. The third-order valence-electron chi connectivity index (χ3n) is 3.84. The smallest absolute Gasteiger partial charge is 0.332 e. The van der Waals surface area contributed by atoms with Gasteiger partial charge in [0.15, 0.2) is 0 Å². The Labute approximate surface area is 144 Å². The van der Waals surface area contributed by atoms with Crippen molar-refractivity contribution < 1.29 is 9.53 Å². The number of urea groups is 1. The van der Waals surface area contributed by atoms with Gasteiger partial charge in [-0.2, -0.15) is 5.10 Å². The molecule has 9 heteroatoms. The molecule has 25 heavy (non-hydrogen) atoms. The van der Waals surface area contributed by atoms with Gasteiger partial charge in [0.2, 0.25) is 0 Å². The van der Waals surface area contributed by atoms with Gasteiger partial charge in [0.1, 0.15) is 17.0 Å². The second-order valence-corrected chi connectivity index (χ2v) is 5.98. The number of pyridine rings is 1. The van der Waals surface area contributed by atoms with E-state index in [4.69, 9.17) is 10.5 Å². The van der Waals surface area contributed by atoms with Gasteiger partial charge >= 0.3 is 6.03 Å². The molecule has 132 valence electrons. The molecule has 3 N–H and O–H groups in total. The van der Waals surface area contributed by atoms with E-state index < -0.39 is 6.03 Å². The van der Waals surface area contributed by atoms with E-state index in [1.54, 1.807) is 18.3 Å². The van der Waals surface area contributed by atoms with Gasteiger partial charge < -0.3 is 15.4 Å². The molecule has 2 aromatic heterocycles. The van der Waals surface area contributed by atoms with E-state index >= 15 is 0 Å². The van der Waals surface area contributed by atoms with Crippen LogP contribution in [0.2, 0.25) is 0 Å². The third kappa shape index (κ3) is 3.61. The van der Waals surface area contributed by atoms with Crippen LogP contribution < -0.4 is 21.6 Å². The Balaban J connectivity index is 2.12. The van der Waals surface area contributed by atoms with Crippen LogP contribution in [0.3, 0.4) is 0 Å². The summed E-state index contributed by atoms with van der Waals surface area (Å²) < 4.78 is 7.18. The van der Waals surface area contributed by atoms with Crippen molar-refractivity contribution in [2.75, 3.05) is 18.0 Å². The van der Waals surface area contributed by atoms with Crippen LogP contribution in [0.25, 0.3) is 5.65 Å². The number of nitrogens with one attached hydrogen (secondary N) is 1. The first kappa shape index (κ1) is 16.9. The van der Waals surface area contributed by atoms with Gasteiger partial charge in [-0.25, -0.2) is 15.2 Å². The van der Waals surface area contributed by atoms with Gasteiger partial charge in [0, 0.05) is 19.3 Å². The number of rotatable bonds is 3. The predicted molar refractivity (Wildman–Crippen MR) is 94.0 cm³/mol. The van der Waals surface area contributed by atoms with Crippen molar-refractivity contribution in [3.05, 3.63) is 40.3 Å². The maximum absolute atomic E-state index is 12.9. The second-order valence-electron chi connectivity index (χ2n) is 5.98. The molecular weight excluding hydrogens is 324 g/mol. The number of carbonyl (C=O) groups is 1. The molecule has 0 aromatic carbocycles. The number of nitrogens with two attached hydrogens (primary N) is 1. The molecule has 1 aliphatic rings. The molecule has 3 heterocycles. The molecule has 2 aromatic rings. The number of anilines is 1. The molecule has 2 amide bonds. The number of hydrogen-bond donors (Lipinski definition) is 2. The number of morpholine rings is 1. The van der Waals surface area contributed by atoms with Crippen molar-refractivity contribution in [2.45, 2.75) is 26.1 Å². The van der Waals surface area contributed by atoms with E-state index in [1.165, 1.54) is 10.6 Å². The molecule has 0 unspecified atom stereocenters. The first-order valence-electron chi connectivity index (χ1n) is 7.96. The number of carbonyl (C=O) groups excluding carboxylic acids is 1. The van der Waals surface area contributed by atoms with E-state index in [0.29, 0.717) is 24.6 Å². The minimum Gasteiger partial charge on any atom is -0.372 e. The Hall–Kier alpha value is -2.94. The minimum absolute atomic E-state index is 0.00769. The summed E-state index contributed by atoms with van der Waals surface area (Å²) in [6.07, 6.45) is 2.93. The summed E-state index contributed by atoms with van der Waals surface area (Å²) in [5, 5.41) is 3.74. The summed E-state index contributed by atoms with van der Waals surface area (Å²) in [5.41, 5.74) is 7.66. The normalized spacial score (nSPS) is 21.0. The number of primary amides is 1. The van der Waals surface area contributed by atoms with Crippen LogP contribution in [0.4, 0.5) is 10.6 Å². The molecular formula is C16H20N6O3. The van der Waals surface area contributed by atoms with Crippen LogP contribution in [0.1, 0.15) is 19.4 Å². The van der Waals surface area contributed by atoms with Crippen LogP contribution in [-0.2, 0) is 4.74 Å². The minimum atomic E-state index is -0.805. The van der Waals surface area contributed by atoms with Crippen molar-refractivity contribution in [3.63, 3.8) is 0 Å². The van der Waals surface area contributed by atoms with Crippen LogP contribution in [0.15, 0.2) is 34.3 Å².